The molecule has 0 radical (unpaired) electrons. The van der Waals surface area contributed by atoms with Gasteiger partial charge >= 0.3 is 0 Å². The zero-order chi connectivity index (χ0) is 26.1. The number of pyridine rings is 2. The maximum Gasteiger partial charge on any atom is 0.241 e. The Kier molecular flexibility index (Phi) is 5.09. The van der Waals surface area contributed by atoms with E-state index in [1.807, 2.05) is 12.1 Å². The standard InChI is InChI=1S/C22H16FN7O4S3/c1-36(31,32)22-26-10-17(30(22)37(2,33)34)14-8-13-16(9-25-14)28-29-20(13)15-7-12-11(5-6-24-21(12)27-15)18-3-4-19(23)35-18/h3-10H,1-2H3,(H,24,27)(H,28,29). The van der Waals surface area contributed by atoms with Gasteiger partial charge in [0, 0.05) is 33.7 Å². The number of rotatable bonds is 5. The van der Waals surface area contributed by atoms with Crippen molar-refractivity contribution in [3.05, 3.63) is 54.1 Å². The van der Waals surface area contributed by atoms with Crippen LogP contribution < -0.4 is 0 Å². The van der Waals surface area contributed by atoms with Gasteiger partial charge in [-0.3, -0.25) is 10.1 Å². The number of hydrogen-bond donors (Lipinski definition) is 2. The molecule has 6 rings (SSSR count). The van der Waals surface area contributed by atoms with Gasteiger partial charge in [-0.05, 0) is 30.3 Å². The second kappa shape index (κ2) is 8.03. The Morgan fingerprint density at radius 2 is 1.78 bits per heavy atom. The van der Waals surface area contributed by atoms with Gasteiger partial charge < -0.3 is 4.98 Å². The SMILES string of the molecule is CS(=O)(=O)c1ncc(-c2cc3c(-c4cc5c(-c6ccc(F)s6)ccnc5[nH]4)n[nH]c3cn2)n1S(C)(=O)=O. The van der Waals surface area contributed by atoms with Crippen LogP contribution in [0.25, 0.3) is 55.2 Å². The molecule has 15 heteroatoms. The van der Waals surface area contributed by atoms with E-state index >= 15 is 0 Å². The number of hydrogen-bond acceptors (Lipinski definition) is 9. The Morgan fingerprint density at radius 1 is 0.973 bits per heavy atom. The molecule has 11 nitrogen and oxygen atoms in total. The fourth-order valence-electron chi connectivity index (χ4n) is 4.15. The summed E-state index contributed by atoms with van der Waals surface area (Å²) in [4.78, 5) is 16.5. The van der Waals surface area contributed by atoms with E-state index in [0.717, 1.165) is 45.9 Å². The molecule has 0 bridgehead atoms. The highest BCUT2D eigenvalue weighted by atomic mass is 32.2. The molecule has 0 aliphatic carbocycles. The lowest BCUT2D eigenvalue weighted by Gasteiger charge is -2.08. The fourth-order valence-corrected chi connectivity index (χ4v) is 7.21. The fraction of sp³-hybridized carbons (Fsp3) is 0.0909. The van der Waals surface area contributed by atoms with Crippen molar-refractivity contribution >= 4 is 53.1 Å². The van der Waals surface area contributed by atoms with E-state index < -0.39 is 25.0 Å². The van der Waals surface area contributed by atoms with Gasteiger partial charge in [0.2, 0.25) is 25.0 Å². The van der Waals surface area contributed by atoms with Crippen molar-refractivity contribution in [3.63, 3.8) is 0 Å². The maximum atomic E-state index is 13.7. The van der Waals surface area contributed by atoms with E-state index in [4.69, 9.17) is 0 Å². The van der Waals surface area contributed by atoms with Gasteiger partial charge in [0.05, 0.1) is 35.6 Å². The van der Waals surface area contributed by atoms with E-state index in [0.29, 0.717) is 31.9 Å². The van der Waals surface area contributed by atoms with E-state index in [1.54, 1.807) is 18.3 Å². The highest BCUT2D eigenvalue weighted by Gasteiger charge is 2.27. The van der Waals surface area contributed by atoms with Crippen LogP contribution >= 0.6 is 11.3 Å². The summed E-state index contributed by atoms with van der Waals surface area (Å²) in [5.74, 6) is 0. The summed E-state index contributed by atoms with van der Waals surface area (Å²) in [5, 5.41) is 7.78. The van der Waals surface area contributed by atoms with E-state index in [9.17, 15) is 21.2 Å². The summed E-state index contributed by atoms with van der Waals surface area (Å²) >= 11 is 1.03. The normalized spacial score (nSPS) is 12.6. The lowest BCUT2D eigenvalue weighted by molar-refractivity contribution is 0.574. The van der Waals surface area contributed by atoms with Crippen LogP contribution in [-0.4, -0.2) is 63.5 Å². The number of thiophene rings is 1. The molecule has 2 N–H and O–H groups in total. The maximum absolute atomic E-state index is 13.7. The molecule has 0 spiro atoms. The van der Waals surface area contributed by atoms with Crippen LogP contribution in [0.15, 0.2) is 54.1 Å². The summed E-state index contributed by atoms with van der Waals surface area (Å²) in [6, 6.07) is 8.38. The zero-order valence-corrected chi connectivity index (χ0v) is 21.5. The van der Waals surface area contributed by atoms with Crippen LogP contribution in [0.4, 0.5) is 4.39 Å². The minimum absolute atomic E-state index is 0.00250. The third-order valence-electron chi connectivity index (χ3n) is 5.69. The topological polar surface area (TPSA) is 156 Å². The molecule has 188 valence electrons. The monoisotopic (exact) mass is 557 g/mol. The van der Waals surface area contributed by atoms with Gasteiger partial charge in [-0.1, -0.05) is 0 Å². The molecule has 0 saturated carbocycles. The number of nitrogens with zero attached hydrogens (tertiary/aromatic N) is 5. The number of imidazole rings is 1. The molecule has 0 unspecified atom stereocenters. The third-order valence-corrected chi connectivity index (χ3v) is 8.70. The van der Waals surface area contributed by atoms with Crippen molar-refractivity contribution in [2.75, 3.05) is 12.5 Å². The summed E-state index contributed by atoms with van der Waals surface area (Å²) in [7, 11) is -7.96. The Labute approximate surface area is 213 Å². The molecule has 6 heterocycles. The van der Waals surface area contributed by atoms with Crippen LogP contribution in [0.5, 0.6) is 0 Å². The minimum Gasteiger partial charge on any atom is -0.338 e. The smallest absolute Gasteiger partial charge is 0.241 e. The number of nitrogens with one attached hydrogen (secondary N) is 2. The molecular weight excluding hydrogens is 541 g/mol. The number of H-pyrrole nitrogens is 2. The molecule has 0 fully saturated rings. The van der Waals surface area contributed by atoms with Crippen molar-refractivity contribution in [1.82, 2.24) is 34.1 Å². The molecule has 0 saturated heterocycles. The van der Waals surface area contributed by atoms with Gasteiger partial charge in [-0.15, -0.1) is 11.3 Å². The lowest BCUT2D eigenvalue weighted by atomic mass is 10.1. The minimum atomic E-state index is -4.03. The first kappa shape index (κ1) is 23.4. The van der Waals surface area contributed by atoms with Crippen molar-refractivity contribution in [1.29, 1.82) is 0 Å². The van der Waals surface area contributed by atoms with E-state index in [2.05, 4.69) is 30.1 Å². The highest BCUT2D eigenvalue weighted by Crippen LogP contribution is 2.36. The van der Waals surface area contributed by atoms with Gasteiger partial charge in [-0.2, -0.15) is 9.49 Å². The van der Waals surface area contributed by atoms with Crippen molar-refractivity contribution < 1.29 is 21.2 Å². The van der Waals surface area contributed by atoms with Crippen molar-refractivity contribution in [2.45, 2.75) is 5.16 Å². The van der Waals surface area contributed by atoms with Crippen LogP contribution in [0.3, 0.4) is 0 Å². The van der Waals surface area contributed by atoms with Crippen LogP contribution in [0.1, 0.15) is 0 Å². The van der Waals surface area contributed by atoms with Crippen molar-refractivity contribution in [3.8, 4) is 33.2 Å². The third kappa shape index (κ3) is 3.91. The molecule has 37 heavy (non-hydrogen) atoms. The molecular formula is C22H16FN7O4S3. The number of aromatic amines is 2. The first-order valence-corrected chi connectivity index (χ1v) is 15.1. The molecule has 6 aromatic rings. The van der Waals surface area contributed by atoms with Crippen LogP contribution in [-0.2, 0) is 19.9 Å². The second-order valence-electron chi connectivity index (χ2n) is 8.32. The van der Waals surface area contributed by atoms with Crippen molar-refractivity contribution in [2.24, 2.45) is 0 Å². The Balaban J connectivity index is 1.53. The Bertz CT molecular complexity index is 2070. The van der Waals surface area contributed by atoms with Crippen LogP contribution in [0, 0.1) is 5.13 Å². The Hall–Kier alpha value is -3.95. The van der Waals surface area contributed by atoms with Gasteiger partial charge in [0.1, 0.15) is 17.0 Å². The lowest BCUT2D eigenvalue weighted by Crippen LogP contribution is -2.18. The summed E-state index contributed by atoms with van der Waals surface area (Å²) in [5.41, 5.74) is 3.27. The molecule has 0 amide bonds. The first-order valence-electron chi connectivity index (χ1n) is 10.6. The number of sulfone groups is 1. The molecule has 0 aliphatic rings. The Morgan fingerprint density at radius 3 is 2.49 bits per heavy atom. The van der Waals surface area contributed by atoms with E-state index in [1.165, 1.54) is 12.3 Å². The quantitative estimate of drug-likeness (QED) is 0.326. The predicted molar refractivity (Wildman–Crippen MR) is 137 cm³/mol. The van der Waals surface area contributed by atoms with Gasteiger partial charge in [0.15, 0.2) is 5.13 Å². The second-order valence-corrected chi connectivity index (χ2v) is 13.1. The molecule has 6 aromatic heterocycles. The number of fused-ring (bicyclic) bond motifs is 2. The number of aromatic nitrogens is 7. The molecule has 0 atom stereocenters. The average Bonchev–Trinajstić information content (AvgIpc) is 3.60. The zero-order valence-electron chi connectivity index (χ0n) is 19.1. The molecule has 0 aromatic carbocycles. The van der Waals surface area contributed by atoms with E-state index in [-0.39, 0.29) is 16.5 Å². The largest absolute Gasteiger partial charge is 0.338 e. The van der Waals surface area contributed by atoms with Gasteiger partial charge in [-0.25, -0.2) is 30.8 Å². The molecule has 0 aliphatic heterocycles. The summed E-state index contributed by atoms with van der Waals surface area (Å²) < 4.78 is 63.6. The first-order chi connectivity index (χ1) is 17.5. The predicted octanol–water partition coefficient (Wildman–Crippen LogP) is 3.44. The highest BCUT2D eigenvalue weighted by molar-refractivity contribution is 7.92. The van der Waals surface area contributed by atoms with Crippen LogP contribution in [0.2, 0.25) is 0 Å². The average molecular weight is 558 g/mol. The van der Waals surface area contributed by atoms with Gasteiger partial charge in [0.25, 0.3) is 0 Å². The summed E-state index contributed by atoms with van der Waals surface area (Å²) in [6.45, 7) is 0. The number of halogens is 1. The summed E-state index contributed by atoms with van der Waals surface area (Å²) in [6.07, 6.45) is 6.04.